The minimum Gasteiger partial charge on any atom is -0.495 e. The lowest BCUT2D eigenvalue weighted by molar-refractivity contribution is 0.0998. The lowest BCUT2D eigenvalue weighted by Gasteiger charge is -2.11. The van der Waals surface area contributed by atoms with Gasteiger partial charge in [-0.2, -0.15) is 0 Å². The number of pyridine rings is 1. The molecule has 0 aliphatic heterocycles. The predicted molar refractivity (Wildman–Crippen MR) is 56.5 cm³/mol. The Morgan fingerprint density at radius 2 is 2.07 bits per heavy atom. The van der Waals surface area contributed by atoms with Gasteiger partial charge in [-0.1, -0.05) is 0 Å². The minimum absolute atomic E-state index is 0.368. The van der Waals surface area contributed by atoms with Crippen molar-refractivity contribution in [2.75, 3.05) is 7.11 Å². The van der Waals surface area contributed by atoms with Crippen LogP contribution in [0.25, 0.3) is 0 Å². The summed E-state index contributed by atoms with van der Waals surface area (Å²) < 4.78 is 5.59. The topological polar surface area (TPSA) is 65.2 Å². The second kappa shape index (κ2) is 3.96. The lowest BCUT2D eigenvalue weighted by atomic mass is 10.1. The van der Waals surface area contributed by atoms with E-state index < -0.39 is 5.91 Å². The number of ether oxygens (including phenoxy) is 1. The molecule has 1 aromatic rings. The van der Waals surface area contributed by atoms with Gasteiger partial charge in [-0.25, -0.2) is 4.98 Å². The second-order valence-corrected chi connectivity index (χ2v) is 3.64. The number of hydrogen-bond acceptors (Lipinski definition) is 3. The van der Waals surface area contributed by atoms with Gasteiger partial charge in [0, 0.05) is 5.56 Å². The van der Waals surface area contributed by atoms with Crippen LogP contribution >= 0.6 is 15.9 Å². The van der Waals surface area contributed by atoms with Gasteiger partial charge in [-0.3, -0.25) is 4.79 Å². The first-order valence-electron chi connectivity index (χ1n) is 3.99. The first-order chi connectivity index (χ1) is 6.49. The number of amides is 1. The molecule has 4 nitrogen and oxygen atoms in total. The van der Waals surface area contributed by atoms with E-state index in [4.69, 9.17) is 10.5 Å². The van der Waals surface area contributed by atoms with E-state index in [-0.39, 0.29) is 0 Å². The average molecular weight is 259 g/mol. The monoisotopic (exact) mass is 258 g/mol. The third-order valence-corrected chi connectivity index (χ3v) is 2.54. The summed E-state index contributed by atoms with van der Waals surface area (Å²) in [6, 6.07) is 0. The summed E-state index contributed by atoms with van der Waals surface area (Å²) in [4.78, 5) is 15.2. The molecule has 0 unspecified atom stereocenters. The summed E-state index contributed by atoms with van der Waals surface area (Å²) in [7, 11) is 1.54. The Kier molecular flexibility index (Phi) is 3.10. The summed E-state index contributed by atoms with van der Waals surface area (Å²) in [6.45, 7) is 3.58. The van der Waals surface area contributed by atoms with Crippen LogP contribution < -0.4 is 10.5 Å². The number of nitrogens with two attached hydrogens (primary N) is 1. The zero-order chi connectivity index (χ0) is 10.9. The van der Waals surface area contributed by atoms with Gasteiger partial charge >= 0.3 is 0 Å². The van der Waals surface area contributed by atoms with Gasteiger partial charge < -0.3 is 10.5 Å². The van der Waals surface area contributed by atoms with E-state index in [2.05, 4.69) is 20.9 Å². The van der Waals surface area contributed by atoms with E-state index in [1.54, 1.807) is 13.8 Å². The molecule has 1 heterocycles. The maximum atomic E-state index is 11.1. The molecule has 5 heteroatoms. The summed E-state index contributed by atoms with van der Waals surface area (Å²) in [5.41, 5.74) is 7.02. The molecule has 0 bridgehead atoms. The molecule has 1 rings (SSSR count). The van der Waals surface area contributed by atoms with Gasteiger partial charge in [-0.05, 0) is 29.8 Å². The maximum absolute atomic E-state index is 11.1. The van der Waals surface area contributed by atoms with Crippen molar-refractivity contribution in [3.63, 3.8) is 0 Å². The number of aryl methyl sites for hydroxylation is 1. The van der Waals surface area contributed by atoms with Crippen LogP contribution in [0.3, 0.4) is 0 Å². The largest absolute Gasteiger partial charge is 0.495 e. The number of rotatable bonds is 2. The molecule has 0 saturated carbocycles. The highest BCUT2D eigenvalue weighted by Gasteiger charge is 2.17. The number of aromatic nitrogens is 1. The molecule has 14 heavy (non-hydrogen) atoms. The van der Waals surface area contributed by atoms with Gasteiger partial charge in [0.2, 0.25) is 0 Å². The van der Waals surface area contributed by atoms with Crippen LogP contribution in [0.5, 0.6) is 5.75 Å². The van der Waals surface area contributed by atoms with E-state index in [0.717, 1.165) is 5.69 Å². The first kappa shape index (κ1) is 11.0. The SMILES string of the molecule is COc1c(C)nc(Br)c(C(N)=O)c1C. The summed E-state index contributed by atoms with van der Waals surface area (Å²) in [5.74, 6) is 0.0853. The number of halogens is 1. The van der Waals surface area contributed by atoms with Crippen LogP contribution in [-0.4, -0.2) is 18.0 Å². The van der Waals surface area contributed by atoms with E-state index >= 15 is 0 Å². The molecule has 0 aliphatic rings. The third kappa shape index (κ3) is 1.72. The molecule has 76 valence electrons. The van der Waals surface area contributed by atoms with Crippen molar-refractivity contribution in [3.8, 4) is 5.75 Å². The van der Waals surface area contributed by atoms with E-state index in [1.165, 1.54) is 7.11 Å². The molecule has 2 N–H and O–H groups in total. The van der Waals surface area contributed by atoms with Crippen LogP contribution in [0.15, 0.2) is 4.60 Å². The highest BCUT2D eigenvalue weighted by atomic mass is 79.9. The smallest absolute Gasteiger partial charge is 0.251 e. The number of carbonyl (C=O) groups excluding carboxylic acids is 1. The molecule has 0 atom stereocenters. The molecule has 1 amide bonds. The van der Waals surface area contributed by atoms with Crippen molar-refractivity contribution in [3.05, 3.63) is 21.4 Å². The average Bonchev–Trinajstić information content (AvgIpc) is 2.02. The van der Waals surface area contributed by atoms with E-state index in [9.17, 15) is 4.79 Å². The van der Waals surface area contributed by atoms with Gasteiger partial charge in [0.25, 0.3) is 5.91 Å². The van der Waals surface area contributed by atoms with Crippen molar-refractivity contribution < 1.29 is 9.53 Å². The van der Waals surface area contributed by atoms with Crippen LogP contribution in [-0.2, 0) is 0 Å². The zero-order valence-electron chi connectivity index (χ0n) is 8.22. The van der Waals surface area contributed by atoms with Gasteiger partial charge in [0.15, 0.2) is 0 Å². The molecule has 0 radical (unpaired) electrons. The fraction of sp³-hybridized carbons (Fsp3) is 0.333. The molecule has 0 spiro atoms. The highest BCUT2D eigenvalue weighted by Crippen LogP contribution is 2.28. The summed E-state index contributed by atoms with van der Waals surface area (Å²) in [5, 5.41) is 0. The number of carbonyl (C=O) groups is 1. The van der Waals surface area contributed by atoms with E-state index in [0.29, 0.717) is 21.5 Å². The zero-order valence-corrected chi connectivity index (χ0v) is 9.81. The predicted octanol–water partition coefficient (Wildman–Crippen LogP) is 1.57. The van der Waals surface area contributed by atoms with Crippen molar-refractivity contribution >= 4 is 21.8 Å². The van der Waals surface area contributed by atoms with Gasteiger partial charge in [-0.15, -0.1) is 0 Å². The Labute approximate surface area is 90.6 Å². The Bertz CT molecular complexity index is 391. The number of primary amides is 1. The Morgan fingerprint density at radius 3 is 2.50 bits per heavy atom. The molecule has 0 saturated heterocycles. The van der Waals surface area contributed by atoms with Crippen molar-refractivity contribution in [1.82, 2.24) is 4.98 Å². The molecular weight excluding hydrogens is 248 g/mol. The fourth-order valence-corrected chi connectivity index (χ4v) is 2.14. The first-order valence-corrected chi connectivity index (χ1v) is 4.78. The van der Waals surface area contributed by atoms with Crippen LogP contribution in [0.2, 0.25) is 0 Å². The quantitative estimate of drug-likeness (QED) is 0.820. The third-order valence-electron chi connectivity index (χ3n) is 1.97. The second-order valence-electron chi connectivity index (χ2n) is 2.89. The molecule has 1 aromatic heterocycles. The highest BCUT2D eigenvalue weighted by molar-refractivity contribution is 9.10. The van der Waals surface area contributed by atoms with Crippen molar-refractivity contribution in [2.24, 2.45) is 5.73 Å². The van der Waals surface area contributed by atoms with Gasteiger partial charge in [0.05, 0.1) is 18.4 Å². The van der Waals surface area contributed by atoms with E-state index in [1.807, 2.05) is 0 Å². The van der Waals surface area contributed by atoms with Gasteiger partial charge in [0.1, 0.15) is 10.4 Å². The lowest BCUT2D eigenvalue weighted by Crippen LogP contribution is -2.15. The Balaban J connectivity index is 3.52. The molecule has 0 aliphatic carbocycles. The van der Waals surface area contributed by atoms with Crippen LogP contribution in [0.4, 0.5) is 0 Å². The summed E-state index contributed by atoms with van der Waals surface area (Å²) >= 11 is 3.19. The van der Waals surface area contributed by atoms with Crippen LogP contribution in [0, 0.1) is 13.8 Å². The number of hydrogen-bond donors (Lipinski definition) is 1. The normalized spacial score (nSPS) is 10.0. The molecule has 0 fully saturated rings. The van der Waals surface area contributed by atoms with Crippen molar-refractivity contribution in [1.29, 1.82) is 0 Å². The molecular formula is C9H11BrN2O2. The standard InChI is InChI=1S/C9H11BrN2O2/c1-4-6(9(11)13)8(10)12-5(2)7(4)14-3/h1-3H3,(H2,11,13). The number of nitrogens with zero attached hydrogens (tertiary/aromatic N) is 1. The maximum Gasteiger partial charge on any atom is 0.251 e. The molecule has 0 aromatic carbocycles. The number of methoxy groups -OCH3 is 1. The Morgan fingerprint density at radius 1 is 1.50 bits per heavy atom. The fourth-order valence-electron chi connectivity index (χ4n) is 1.38. The van der Waals surface area contributed by atoms with Crippen LogP contribution in [0.1, 0.15) is 21.6 Å². The van der Waals surface area contributed by atoms with Crippen molar-refractivity contribution in [2.45, 2.75) is 13.8 Å². The minimum atomic E-state index is -0.514. The Hall–Kier alpha value is -1.10. The summed E-state index contributed by atoms with van der Waals surface area (Å²) in [6.07, 6.45) is 0.